The molecule has 5 aromatic rings. The Morgan fingerprint density at radius 2 is 1.65 bits per heavy atom. The molecule has 0 unspecified atom stereocenters. The summed E-state index contributed by atoms with van der Waals surface area (Å²) in [6.07, 6.45) is 0. The number of aromatic nitrogens is 5. The van der Waals surface area contributed by atoms with Crippen LogP contribution in [-0.2, 0) is 5.75 Å². The number of para-hydroxylation sites is 1. The highest BCUT2D eigenvalue weighted by atomic mass is 32.2. The van der Waals surface area contributed by atoms with Gasteiger partial charge in [-0.05, 0) is 24.3 Å². The molecule has 0 saturated heterocycles. The van der Waals surface area contributed by atoms with Gasteiger partial charge in [-0.3, -0.25) is 4.57 Å². The van der Waals surface area contributed by atoms with Crippen LogP contribution in [0.2, 0.25) is 0 Å². The first-order chi connectivity index (χ1) is 16.8. The van der Waals surface area contributed by atoms with E-state index in [1.54, 1.807) is 20.3 Å². The minimum atomic E-state index is 0.436. The summed E-state index contributed by atoms with van der Waals surface area (Å²) in [6.45, 7) is 0. The average Bonchev–Trinajstić information content (AvgIpc) is 3.55. The maximum absolute atomic E-state index is 5.51. The lowest BCUT2D eigenvalue weighted by Gasteiger charge is -2.09. The third-order valence-corrected chi connectivity index (χ3v) is 6.04. The second-order valence-electron chi connectivity index (χ2n) is 7.21. The van der Waals surface area contributed by atoms with Crippen molar-refractivity contribution < 1.29 is 14.0 Å². The molecule has 0 atom stereocenters. The molecular weight excluding hydrogens is 450 g/mol. The van der Waals surface area contributed by atoms with Gasteiger partial charge in [-0.15, -0.1) is 10.2 Å². The van der Waals surface area contributed by atoms with Crippen molar-refractivity contribution in [3.63, 3.8) is 0 Å². The molecule has 0 saturated carbocycles. The minimum Gasteiger partial charge on any atom is -0.497 e. The van der Waals surface area contributed by atoms with Crippen molar-refractivity contribution in [2.24, 2.45) is 0 Å². The fourth-order valence-corrected chi connectivity index (χ4v) is 4.27. The van der Waals surface area contributed by atoms with E-state index in [1.807, 2.05) is 77.4 Å². The zero-order valence-corrected chi connectivity index (χ0v) is 19.4. The molecule has 3 aromatic carbocycles. The van der Waals surface area contributed by atoms with Gasteiger partial charge in [0.15, 0.2) is 11.0 Å². The predicted molar refractivity (Wildman–Crippen MR) is 129 cm³/mol. The van der Waals surface area contributed by atoms with Gasteiger partial charge in [0.25, 0.3) is 0 Å². The van der Waals surface area contributed by atoms with Gasteiger partial charge in [-0.25, -0.2) is 0 Å². The summed E-state index contributed by atoms with van der Waals surface area (Å²) < 4.78 is 18.3. The highest BCUT2D eigenvalue weighted by molar-refractivity contribution is 7.98. The molecule has 2 aromatic heterocycles. The van der Waals surface area contributed by atoms with Crippen LogP contribution < -0.4 is 9.47 Å². The summed E-state index contributed by atoms with van der Waals surface area (Å²) in [7, 11) is 3.20. The molecule has 0 radical (unpaired) electrons. The van der Waals surface area contributed by atoms with E-state index in [0.29, 0.717) is 29.0 Å². The first-order valence-electron chi connectivity index (χ1n) is 10.5. The number of hydrogen-bond donors (Lipinski definition) is 0. The second kappa shape index (κ2) is 9.80. The van der Waals surface area contributed by atoms with Gasteiger partial charge < -0.3 is 14.0 Å². The molecule has 0 bridgehead atoms. The van der Waals surface area contributed by atoms with Crippen LogP contribution in [0.1, 0.15) is 5.89 Å². The number of hydrogen-bond acceptors (Lipinski definition) is 8. The van der Waals surface area contributed by atoms with Crippen LogP contribution in [-0.4, -0.2) is 39.1 Å². The maximum atomic E-state index is 5.51. The molecule has 9 heteroatoms. The van der Waals surface area contributed by atoms with E-state index in [0.717, 1.165) is 27.8 Å². The van der Waals surface area contributed by atoms with Gasteiger partial charge >= 0.3 is 0 Å². The molecule has 0 spiro atoms. The number of ether oxygens (including phenoxy) is 2. The standard InChI is InChI=1S/C25H21N5O3S/c1-31-19-13-14-20(21(15-19)32-2)23-26-22(33-29-23)16-34-25-28-27-24(17-9-5-3-6-10-17)30(25)18-11-7-4-8-12-18/h3-15H,16H2,1-2H3. The highest BCUT2D eigenvalue weighted by Gasteiger charge is 2.19. The monoisotopic (exact) mass is 471 g/mol. The molecule has 0 amide bonds. The Bertz CT molecular complexity index is 1390. The smallest absolute Gasteiger partial charge is 0.237 e. The topological polar surface area (TPSA) is 88.1 Å². The van der Waals surface area contributed by atoms with Gasteiger partial charge in [-0.2, -0.15) is 4.98 Å². The third kappa shape index (κ3) is 4.38. The SMILES string of the molecule is COc1ccc(-c2noc(CSc3nnc(-c4ccccc4)n3-c3ccccc3)n2)c(OC)c1. The van der Waals surface area contributed by atoms with E-state index in [1.165, 1.54) is 11.8 Å². The molecule has 0 N–H and O–H groups in total. The van der Waals surface area contributed by atoms with Crippen molar-refractivity contribution in [2.75, 3.05) is 14.2 Å². The summed E-state index contributed by atoms with van der Waals surface area (Å²) >= 11 is 1.48. The van der Waals surface area contributed by atoms with Crippen LogP contribution in [0.4, 0.5) is 0 Å². The number of thioether (sulfide) groups is 1. The minimum absolute atomic E-state index is 0.436. The molecule has 34 heavy (non-hydrogen) atoms. The fraction of sp³-hybridized carbons (Fsp3) is 0.120. The fourth-order valence-electron chi connectivity index (χ4n) is 3.48. The molecule has 8 nitrogen and oxygen atoms in total. The van der Waals surface area contributed by atoms with Gasteiger partial charge in [0, 0.05) is 17.3 Å². The summed E-state index contributed by atoms with van der Waals surface area (Å²) in [5, 5.41) is 13.8. The lowest BCUT2D eigenvalue weighted by atomic mass is 10.2. The van der Waals surface area contributed by atoms with Gasteiger partial charge in [0.05, 0.1) is 25.5 Å². The van der Waals surface area contributed by atoms with Crippen molar-refractivity contribution in [3.8, 4) is 40.0 Å². The highest BCUT2D eigenvalue weighted by Crippen LogP contribution is 2.33. The van der Waals surface area contributed by atoms with Crippen LogP contribution in [0.3, 0.4) is 0 Å². The molecule has 2 heterocycles. The van der Waals surface area contributed by atoms with E-state index in [2.05, 4.69) is 20.3 Å². The summed E-state index contributed by atoms with van der Waals surface area (Å²) in [6, 6.07) is 25.5. The van der Waals surface area contributed by atoms with Crippen LogP contribution in [0, 0.1) is 0 Å². The molecule has 5 rings (SSSR count). The molecule has 0 fully saturated rings. The summed E-state index contributed by atoms with van der Waals surface area (Å²) in [4.78, 5) is 4.55. The quantitative estimate of drug-likeness (QED) is 0.282. The molecular formula is C25H21N5O3S. The van der Waals surface area contributed by atoms with Crippen molar-refractivity contribution in [1.29, 1.82) is 0 Å². The number of rotatable bonds is 8. The Labute approximate surface area is 200 Å². The number of nitrogens with zero attached hydrogens (tertiary/aromatic N) is 5. The first-order valence-corrected chi connectivity index (χ1v) is 11.5. The Hall–Kier alpha value is -4.11. The zero-order valence-electron chi connectivity index (χ0n) is 18.6. The van der Waals surface area contributed by atoms with Crippen molar-refractivity contribution >= 4 is 11.8 Å². The molecule has 170 valence electrons. The van der Waals surface area contributed by atoms with Crippen molar-refractivity contribution in [3.05, 3.63) is 84.8 Å². The predicted octanol–water partition coefficient (Wildman–Crippen LogP) is 5.29. The second-order valence-corrected chi connectivity index (χ2v) is 8.15. The molecule has 0 aliphatic carbocycles. The summed E-state index contributed by atoms with van der Waals surface area (Å²) in [5.74, 6) is 3.42. The van der Waals surface area contributed by atoms with E-state index in [-0.39, 0.29) is 0 Å². The normalized spacial score (nSPS) is 10.9. The third-order valence-electron chi connectivity index (χ3n) is 5.12. The maximum Gasteiger partial charge on any atom is 0.237 e. The lowest BCUT2D eigenvalue weighted by molar-refractivity contribution is 0.388. The first kappa shape index (κ1) is 21.7. The van der Waals surface area contributed by atoms with E-state index < -0.39 is 0 Å². The molecule has 0 aliphatic rings. The zero-order chi connectivity index (χ0) is 23.3. The van der Waals surface area contributed by atoms with Crippen molar-refractivity contribution in [2.45, 2.75) is 10.9 Å². The van der Waals surface area contributed by atoms with E-state index in [4.69, 9.17) is 14.0 Å². The largest absolute Gasteiger partial charge is 0.497 e. The molecule has 0 aliphatic heterocycles. The van der Waals surface area contributed by atoms with Crippen LogP contribution in [0.15, 0.2) is 88.5 Å². The van der Waals surface area contributed by atoms with E-state index in [9.17, 15) is 0 Å². The van der Waals surface area contributed by atoms with Gasteiger partial charge in [0.2, 0.25) is 11.7 Å². The van der Waals surface area contributed by atoms with Crippen LogP contribution in [0.5, 0.6) is 11.5 Å². The number of benzene rings is 3. The van der Waals surface area contributed by atoms with Gasteiger partial charge in [0.1, 0.15) is 11.5 Å². The summed E-state index contributed by atoms with van der Waals surface area (Å²) in [5.41, 5.74) is 2.68. The van der Waals surface area contributed by atoms with Gasteiger partial charge in [-0.1, -0.05) is 65.4 Å². The Kier molecular flexibility index (Phi) is 6.26. The Balaban J connectivity index is 1.42. The lowest BCUT2D eigenvalue weighted by Crippen LogP contribution is -1.99. The van der Waals surface area contributed by atoms with Crippen LogP contribution in [0.25, 0.3) is 28.5 Å². The Morgan fingerprint density at radius 3 is 2.38 bits per heavy atom. The Morgan fingerprint density at radius 1 is 0.882 bits per heavy atom. The number of methoxy groups -OCH3 is 2. The van der Waals surface area contributed by atoms with Crippen LogP contribution >= 0.6 is 11.8 Å². The van der Waals surface area contributed by atoms with E-state index >= 15 is 0 Å². The average molecular weight is 472 g/mol. The van der Waals surface area contributed by atoms with Crippen molar-refractivity contribution in [1.82, 2.24) is 24.9 Å².